The largest absolute Gasteiger partial charge is 0.419 e. The van der Waals surface area contributed by atoms with E-state index in [0.717, 1.165) is 12.4 Å². The summed E-state index contributed by atoms with van der Waals surface area (Å²) in [4.78, 5) is 3.83. The molecular formula is C10H7ClF3N3. The smallest absolute Gasteiger partial charge is 0.268 e. The van der Waals surface area contributed by atoms with Crippen molar-refractivity contribution in [2.24, 2.45) is 0 Å². The van der Waals surface area contributed by atoms with Crippen molar-refractivity contribution in [3.05, 3.63) is 47.0 Å². The summed E-state index contributed by atoms with van der Waals surface area (Å²) in [5.74, 6) is 0. The quantitative estimate of drug-likeness (QED) is 0.778. The van der Waals surface area contributed by atoms with Gasteiger partial charge in [0.25, 0.3) is 0 Å². The summed E-state index contributed by atoms with van der Waals surface area (Å²) in [5.41, 5.74) is -0.163. The first kappa shape index (κ1) is 11.9. The van der Waals surface area contributed by atoms with E-state index >= 15 is 0 Å². The Morgan fingerprint density at radius 3 is 2.71 bits per heavy atom. The van der Waals surface area contributed by atoms with E-state index in [1.165, 1.54) is 10.9 Å². The summed E-state index contributed by atoms with van der Waals surface area (Å²) in [5, 5.41) is 3.89. The third-order valence-corrected chi connectivity index (χ3v) is 2.47. The molecule has 3 nitrogen and oxygen atoms in total. The topological polar surface area (TPSA) is 30.7 Å². The van der Waals surface area contributed by atoms with Gasteiger partial charge in [-0.25, -0.2) is 4.98 Å². The van der Waals surface area contributed by atoms with Gasteiger partial charge in [-0.3, -0.25) is 4.68 Å². The zero-order valence-electron chi connectivity index (χ0n) is 8.45. The van der Waals surface area contributed by atoms with Crippen molar-refractivity contribution in [1.82, 2.24) is 14.8 Å². The van der Waals surface area contributed by atoms with Crippen LogP contribution in [0.1, 0.15) is 11.1 Å². The second-order valence-corrected chi connectivity index (χ2v) is 3.74. The lowest BCUT2D eigenvalue weighted by atomic mass is 10.3. The minimum absolute atomic E-state index is 0.156. The van der Waals surface area contributed by atoms with Gasteiger partial charge in [-0.2, -0.15) is 18.3 Å². The van der Waals surface area contributed by atoms with Gasteiger partial charge in [0.15, 0.2) is 0 Å². The fourth-order valence-electron chi connectivity index (χ4n) is 1.31. The predicted octanol–water partition coefficient (Wildman–Crippen LogP) is 3.00. The van der Waals surface area contributed by atoms with Crippen LogP contribution < -0.4 is 0 Å². The van der Waals surface area contributed by atoms with Crippen molar-refractivity contribution in [2.45, 2.75) is 12.7 Å². The van der Waals surface area contributed by atoms with E-state index in [0.29, 0.717) is 5.56 Å². The third kappa shape index (κ3) is 2.76. The minimum atomic E-state index is -4.38. The summed E-state index contributed by atoms with van der Waals surface area (Å²) in [6, 6.07) is 3.35. The second-order valence-electron chi connectivity index (χ2n) is 3.38. The summed E-state index contributed by atoms with van der Waals surface area (Å²) in [7, 11) is 0. The molecule has 0 aliphatic rings. The Kier molecular flexibility index (Phi) is 3.06. The molecule has 2 rings (SSSR count). The lowest BCUT2D eigenvalue weighted by Gasteiger charge is -2.03. The molecule has 0 unspecified atom stereocenters. The molecule has 0 radical (unpaired) electrons. The fourth-order valence-corrected chi connectivity index (χ4v) is 1.49. The van der Waals surface area contributed by atoms with E-state index in [1.807, 2.05) is 0 Å². The van der Waals surface area contributed by atoms with E-state index < -0.39 is 11.7 Å². The molecule has 2 aromatic heterocycles. The van der Waals surface area contributed by atoms with E-state index in [-0.39, 0.29) is 11.7 Å². The third-order valence-electron chi connectivity index (χ3n) is 2.13. The van der Waals surface area contributed by atoms with Crippen molar-refractivity contribution in [1.29, 1.82) is 0 Å². The van der Waals surface area contributed by atoms with E-state index in [4.69, 9.17) is 11.6 Å². The zero-order chi connectivity index (χ0) is 12.5. The van der Waals surface area contributed by atoms with Crippen LogP contribution in [0, 0.1) is 0 Å². The molecule has 0 fully saturated rings. The first-order valence-electron chi connectivity index (χ1n) is 4.66. The molecule has 0 spiro atoms. The Labute approximate surface area is 99.8 Å². The van der Waals surface area contributed by atoms with E-state index in [2.05, 4.69) is 10.1 Å². The maximum absolute atomic E-state index is 12.3. The highest BCUT2D eigenvalue weighted by atomic mass is 35.5. The molecule has 0 aliphatic carbocycles. The highest BCUT2D eigenvalue weighted by Crippen LogP contribution is 2.28. The van der Waals surface area contributed by atoms with Gasteiger partial charge in [-0.05, 0) is 6.07 Å². The summed E-state index contributed by atoms with van der Waals surface area (Å²) < 4.78 is 38.2. The number of aromatic nitrogens is 3. The average molecular weight is 262 g/mol. The number of nitrogens with zero attached hydrogens (tertiary/aromatic N) is 3. The molecule has 2 aromatic rings. The average Bonchev–Trinajstić information content (AvgIpc) is 2.69. The zero-order valence-corrected chi connectivity index (χ0v) is 9.20. The number of pyridine rings is 1. The molecule has 7 heteroatoms. The van der Waals surface area contributed by atoms with Gasteiger partial charge in [0.2, 0.25) is 0 Å². The summed E-state index contributed by atoms with van der Waals surface area (Å²) >= 11 is 5.80. The van der Waals surface area contributed by atoms with Crippen LogP contribution in [0.25, 0.3) is 0 Å². The molecule has 0 aliphatic heterocycles. The molecule has 90 valence electrons. The first-order chi connectivity index (χ1) is 7.97. The standard InChI is InChI=1S/C10H7ClF3N3/c11-9-7(2-1-3-15-9)5-17-6-8(4-16-17)10(12,13)14/h1-4,6H,5H2. The van der Waals surface area contributed by atoms with Gasteiger partial charge in [-0.1, -0.05) is 17.7 Å². The summed E-state index contributed by atoms with van der Waals surface area (Å²) in [6.45, 7) is 0.156. The van der Waals surface area contributed by atoms with Gasteiger partial charge in [0, 0.05) is 18.0 Å². The molecule has 0 saturated heterocycles. The first-order valence-corrected chi connectivity index (χ1v) is 5.03. The van der Waals surface area contributed by atoms with Gasteiger partial charge in [0.05, 0.1) is 18.3 Å². The van der Waals surface area contributed by atoms with E-state index in [9.17, 15) is 13.2 Å². The van der Waals surface area contributed by atoms with Crippen molar-refractivity contribution in [3.63, 3.8) is 0 Å². The SMILES string of the molecule is FC(F)(F)c1cnn(Cc2cccnc2Cl)c1. The lowest BCUT2D eigenvalue weighted by Crippen LogP contribution is -2.04. The predicted molar refractivity (Wildman–Crippen MR) is 55.6 cm³/mol. The van der Waals surface area contributed by atoms with Crippen LogP contribution in [-0.4, -0.2) is 14.8 Å². The molecule has 2 heterocycles. The highest BCUT2D eigenvalue weighted by molar-refractivity contribution is 6.30. The molecule has 0 aromatic carbocycles. The normalized spacial score (nSPS) is 11.8. The van der Waals surface area contributed by atoms with Crippen LogP contribution in [0.15, 0.2) is 30.7 Å². The molecule has 0 N–H and O–H groups in total. The minimum Gasteiger partial charge on any atom is -0.268 e. The lowest BCUT2D eigenvalue weighted by molar-refractivity contribution is -0.137. The van der Waals surface area contributed by atoms with Gasteiger partial charge >= 0.3 is 6.18 Å². The Hall–Kier alpha value is -1.56. The van der Waals surface area contributed by atoms with Crippen LogP contribution in [0.4, 0.5) is 13.2 Å². The number of alkyl halides is 3. The maximum atomic E-state index is 12.3. The van der Waals surface area contributed by atoms with Crippen LogP contribution in [-0.2, 0) is 12.7 Å². The van der Waals surface area contributed by atoms with Gasteiger partial charge in [-0.15, -0.1) is 0 Å². The van der Waals surface area contributed by atoms with Crippen molar-refractivity contribution >= 4 is 11.6 Å². The Morgan fingerprint density at radius 2 is 2.12 bits per heavy atom. The van der Waals surface area contributed by atoms with E-state index in [1.54, 1.807) is 12.1 Å². The van der Waals surface area contributed by atoms with Crippen molar-refractivity contribution in [2.75, 3.05) is 0 Å². The molecular weight excluding hydrogens is 255 g/mol. The van der Waals surface area contributed by atoms with Crippen LogP contribution >= 0.6 is 11.6 Å². The van der Waals surface area contributed by atoms with Crippen LogP contribution in [0.5, 0.6) is 0 Å². The van der Waals surface area contributed by atoms with Gasteiger partial charge < -0.3 is 0 Å². The number of hydrogen-bond acceptors (Lipinski definition) is 2. The number of halogens is 4. The molecule has 0 amide bonds. The Balaban J connectivity index is 2.21. The fraction of sp³-hybridized carbons (Fsp3) is 0.200. The second kappa shape index (κ2) is 4.37. The van der Waals surface area contributed by atoms with Crippen molar-refractivity contribution in [3.8, 4) is 0 Å². The van der Waals surface area contributed by atoms with Crippen molar-refractivity contribution < 1.29 is 13.2 Å². The molecule has 0 saturated carbocycles. The maximum Gasteiger partial charge on any atom is 0.419 e. The van der Waals surface area contributed by atoms with Crippen LogP contribution in [0.2, 0.25) is 5.15 Å². The number of hydrogen-bond donors (Lipinski definition) is 0. The Bertz CT molecular complexity index is 522. The Morgan fingerprint density at radius 1 is 1.35 bits per heavy atom. The monoisotopic (exact) mass is 261 g/mol. The van der Waals surface area contributed by atoms with Crippen LogP contribution in [0.3, 0.4) is 0 Å². The highest BCUT2D eigenvalue weighted by Gasteiger charge is 2.32. The van der Waals surface area contributed by atoms with Gasteiger partial charge in [0.1, 0.15) is 5.15 Å². The molecule has 0 atom stereocenters. The molecule has 0 bridgehead atoms. The summed E-state index contributed by atoms with van der Waals surface area (Å²) in [6.07, 6.45) is -1.15. The number of rotatable bonds is 2. The molecule has 17 heavy (non-hydrogen) atoms.